The van der Waals surface area contributed by atoms with E-state index in [0.717, 1.165) is 25.7 Å². The molecule has 0 aliphatic heterocycles. The summed E-state index contributed by atoms with van der Waals surface area (Å²) < 4.78 is 5.29. The number of hydrogen-bond acceptors (Lipinski definition) is 6. The number of amides is 3. The van der Waals surface area contributed by atoms with Gasteiger partial charge in [-0.3, -0.25) is 14.6 Å². The number of rotatable bonds is 4. The van der Waals surface area contributed by atoms with Gasteiger partial charge in [-0.1, -0.05) is 0 Å². The Morgan fingerprint density at radius 1 is 1.27 bits per heavy atom. The van der Waals surface area contributed by atoms with Crippen molar-refractivity contribution >= 4 is 17.9 Å². The van der Waals surface area contributed by atoms with Gasteiger partial charge in [0.15, 0.2) is 0 Å². The highest BCUT2D eigenvalue weighted by Crippen LogP contribution is 2.44. The second-order valence-electron chi connectivity index (χ2n) is 7.93. The molecule has 26 heavy (non-hydrogen) atoms. The third kappa shape index (κ3) is 4.01. The first kappa shape index (κ1) is 18.3. The summed E-state index contributed by atoms with van der Waals surface area (Å²) in [7, 11) is 0. The molecule has 8 nitrogen and oxygen atoms in total. The van der Waals surface area contributed by atoms with Crippen molar-refractivity contribution in [1.29, 1.82) is 0 Å². The van der Waals surface area contributed by atoms with Crippen LogP contribution in [0.15, 0.2) is 18.3 Å². The zero-order valence-electron chi connectivity index (χ0n) is 15.2. The van der Waals surface area contributed by atoms with Gasteiger partial charge in [0.2, 0.25) is 5.91 Å². The van der Waals surface area contributed by atoms with Crippen LogP contribution < -0.4 is 11.2 Å². The van der Waals surface area contributed by atoms with E-state index >= 15 is 0 Å². The average molecular weight is 360 g/mol. The lowest BCUT2D eigenvalue weighted by atomic mass is 10.1. The second-order valence-corrected chi connectivity index (χ2v) is 7.93. The molecule has 3 rings (SSSR count). The Morgan fingerprint density at radius 2 is 1.92 bits per heavy atom. The van der Waals surface area contributed by atoms with E-state index in [1.54, 1.807) is 32.9 Å². The van der Waals surface area contributed by atoms with Gasteiger partial charge in [0, 0.05) is 12.1 Å². The van der Waals surface area contributed by atoms with E-state index in [4.69, 9.17) is 10.6 Å². The zero-order chi connectivity index (χ0) is 19.1. The van der Waals surface area contributed by atoms with Crippen molar-refractivity contribution in [3.63, 3.8) is 0 Å². The summed E-state index contributed by atoms with van der Waals surface area (Å²) in [6, 6.07) is 3.24. The molecule has 2 fully saturated rings. The van der Waals surface area contributed by atoms with Crippen LogP contribution in [0.25, 0.3) is 0 Å². The van der Waals surface area contributed by atoms with E-state index in [0.29, 0.717) is 10.7 Å². The fraction of sp³-hybridized carbons (Fsp3) is 0.556. The van der Waals surface area contributed by atoms with Crippen molar-refractivity contribution in [2.45, 2.75) is 57.6 Å². The molecule has 1 heterocycles. The highest BCUT2D eigenvalue weighted by atomic mass is 16.6. The minimum Gasteiger partial charge on any atom is -0.444 e. The molecule has 1 aromatic rings. The van der Waals surface area contributed by atoms with Crippen LogP contribution in [-0.4, -0.2) is 33.5 Å². The van der Waals surface area contributed by atoms with Gasteiger partial charge in [-0.05, 0) is 58.6 Å². The fourth-order valence-corrected chi connectivity index (χ4v) is 2.64. The van der Waals surface area contributed by atoms with Crippen LogP contribution in [0.4, 0.5) is 4.79 Å². The first-order valence-corrected chi connectivity index (χ1v) is 8.72. The number of imide groups is 1. The SMILES string of the molecule is CC(C)(C)OC(=O)NC1(c2ccc(C(=O)N(N)C(=O)C3CC3)cn2)CC1. The molecule has 0 unspecified atom stereocenters. The minimum absolute atomic E-state index is 0.135. The van der Waals surface area contributed by atoms with Crippen LogP contribution in [0.5, 0.6) is 0 Å². The number of carbonyl (C=O) groups is 3. The monoisotopic (exact) mass is 360 g/mol. The van der Waals surface area contributed by atoms with E-state index in [-0.39, 0.29) is 17.4 Å². The Morgan fingerprint density at radius 3 is 2.38 bits per heavy atom. The number of carbonyl (C=O) groups excluding carboxylic acids is 3. The number of nitrogens with two attached hydrogens (primary N) is 1. The van der Waals surface area contributed by atoms with Gasteiger partial charge < -0.3 is 10.1 Å². The predicted molar refractivity (Wildman–Crippen MR) is 92.6 cm³/mol. The van der Waals surface area contributed by atoms with Gasteiger partial charge in [-0.2, -0.15) is 0 Å². The number of nitrogens with one attached hydrogen (secondary N) is 1. The van der Waals surface area contributed by atoms with Crippen LogP contribution in [0.1, 0.15) is 62.5 Å². The zero-order valence-corrected chi connectivity index (χ0v) is 15.2. The Hall–Kier alpha value is -2.48. The summed E-state index contributed by atoms with van der Waals surface area (Å²) in [6.07, 6.45) is 3.92. The maximum Gasteiger partial charge on any atom is 0.408 e. The lowest BCUT2D eigenvalue weighted by molar-refractivity contribution is -0.130. The largest absolute Gasteiger partial charge is 0.444 e. The average Bonchev–Trinajstić information content (AvgIpc) is 3.45. The van der Waals surface area contributed by atoms with Crippen LogP contribution in [-0.2, 0) is 15.1 Å². The van der Waals surface area contributed by atoms with E-state index in [1.165, 1.54) is 6.20 Å². The van der Waals surface area contributed by atoms with Crippen LogP contribution in [0.3, 0.4) is 0 Å². The van der Waals surface area contributed by atoms with E-state index in [2.05, 4.69) is 10.3 Å². The fourth-order valence-electron chi connectivity index (χ4n) is 2.64. The lowest BCUT2D eigenvalue weighted by Gasteiger charge is -2.23. The molecular formula is C18H24N4O4. The molecule has 2 saturated carbocycles. The number of hydrazine groups is 1. The molecule has 2 aliphatic rings. The summed E-state index contributed by atoms with van der Waals surface area (Å²) in [5, 5.41) is 3.52. The first-order chi connectivity index (χ1) is 12.1. The van der Waals surface area contributed by atoms with Crippen molar-refractivity contribution in [3.05, 3.63) is 29.6 Å². The van der Waals surface area contributed by atoms with Crippen molar-refractivity contribution in [2.24, 2.45) is 11.8 Å². The molecule has 0 radical (unpaired) electrons. The standard InChI is InChI=1S/C18H24N4O4/c1-17(2,3)26-16(25)21-18(8-9-18)13-7-6-12(10-20-13)15(24)22(19)14(23)11-4-5-11/h6-7,10-11H,4-5,8-9,19H2,1-3H3,(H,21,25). The number of pyridine rings is 1. The van der Waals surface area contributed by atoms with E-state index in [1.807, 2.05) is 0 Å². The topological polar surface area (TPSA) is 115 Å². The van der Waals surface area contributed by atoms with Crippen LogP contribution in [0.2, 0.25) is 0 Å². The van der Waals surface area contributed by atoms with Gasteiger partial charge in [0.1, 0.15) is 5.60 Å². The van der Waals surface area contributed by atoms with Crippen LogP contribution in [0, 0.1) is 5.92 Å². The molecule has 1 aromatic heterocycles. The molecule has 8 heteroatoms. The number of nitrogens with zero attached hydrogens (tertiary/aromatic N) is 2. The molecule has 0 bridgehead atoms. The number of ether oxygens (including phenoxy) is 1. The summed E-state index contributed by atoms with van der Waals surface area (Å²) in [5.74, 6) is 4.56. The number of hydrogen-bond donors (Lipinski definition) is 2. The molecule has 2 aliphatic carbocycles. The minimum atomic E-state index is -0.581. The molecule has 0 spiro atoms. The molecule has 0 aromatic carbocycles. The van der Waals surface area contributed by atoms with Gasteiger partial charge >= 0.3 is 6.09 Å². The Bertz CT molecular complexity index is 731. The van der Waals surface area contributed by atoms with Gasteiger partial charge in [-0.15, -0.1) is 0 Å². The van der Waals surface area contributed by atoms with E-state index in [9.17, 15) is 14.4 Å². The lowest BCUT2D eigenvalue weighted by Crippen LogP contribution is -2.43. The summed E-state index contributed by atoms with van der Waals surface area (Å²) in [5.41, 5.74) is -0.256. The van der Waals surface area contributed by atoms with Crippen molar-refractivity contribution in [1.82, 2.24) is 15.3 Å². The highest BCUT2D eigenvalue weighted by Gasteiger charge is 2.48. The number of alkyl carbamates (subject to hydrolysis) is 1. The quantitative estimate of drug-likeness (QED) is 0.366. The normalized spacial score (nSPS) is 18.0. The summed E-state index contributed by atoms with van der Waals surface area (Å²) in [6.45, 7) is 5.39. The predicted octanol–water partition coefficient (Wildman–Crippen LogP) is 1.85. The Labute approximate surface area is 152 Å². The first-order valence-electron chi connectivity index (χ1n) is 8.72. The Balaban J connectivity index is 1.66. The third-order valence-corrected chi connectivity index (χ3v) is 4.37. The summed E-state index contributed by atoms with van der Waals surface area (Å²) in [4.78, 5) is 40.5. The molecular weight excluding hydrogens is 336 g/mol. The molecule has 0 saturated heterocycles. The van der Waals surface area contributed by atoms with Crippen LogP contribution >= 0.6 is 0 Å². The van der Waals surface area contributed by atoms with Crippen molar-refractivity contribution in [3.8, 4) is 0 Å². The van der Waals surface area contributed by atoms with E-state index < -0.39 is 23.1 Å². The maximum atomic E-state index is 12.3. The van der Waals surface area contributed by atoms with Crippen molar-refractivity contribution < 1.29 is 19.1 Å². The van der Waals surface area contributed by atoms with Gasteiger partial charge in [0.25, 0.3) is 5.91 Å². The third-order valence-electron chi connectivity index (χ3n) is 4.37. The Kier molecular flexibility index (Phi) is 4.47. The summed E-state index contributed by atoms with van der Waals surface area (Å²) >= 11 is 0. The number of aromatic nitrogens is 1. The molecule has 0 atom stereocenters. The molecule has 3 N–H and O–H groups in total. The van der Waals surface area contributed by atoms with Gasteiger partial charge in [-0.25, -0.2) is 15.6 Å². The second kappa shape index (κ2) is 6.35. The highest BCUT2D eigenvalue weighted by molar-refractivity contribution is 6.05. The maximum absolute atomic E-state index is 12.3. The smallest absolute Gasteiger partial charge is 0.408 e. The molecule has 140 valence electrons. The molecule has 3 amide bonds. The van der Waals surface area contributed by atoms with Crippen molar-refractivity contribution in [2.75, 3.05) is 0 Å². The van der Waals surface area contributed by atoms with Gasteiger partial charge in [0.05, 0.1) is 16.8 Å².